The van der Waals surface area contributed by atoms with Gasteiger partial charge in [0.05, 0.1) is 38.7 Å². The summed E-state index contributed by atoms with van der Waals surface area (Å²) in [6.45, 7) is 3.48. The molecule has 0 radical (unpaired) electrons. The summed E-state index contributed by atoms with van der Waals surface area (Å²) in [5.74, 6) is 0.455. The number of benzene rings is 1. The lowest BCUT2D eigenvalue weighted by atomic mass is 9.96. The van der Waals surface area contributed by atoms with Gasteiger partial charge in [0.2, 0.25) is 5.75 Å². The molecule has 9 nitrogen and oxygen atoms in total. The number of rotatable bonds is 8. The number of nitrogens with two attached hydrogens (primary N) is 1. The first-order valence-electron chi connectivity index (χ1n) is 9.07. The molecule has 2 N–H and O–H groups in total. The van der Waals surface area contributed by atoms with Crippen LogP contribution in [0.4, 0.5) is 5.82 Å². The van der Waals surface area contributed by atoms with Crippen LogP contribution in [0.1, 0.15) is 25.0 Å². The smallest absolute Gasteiger partial charge is 0.316 e. The van der Waals surface area contributed by atoms with Crippen LogP contribution in [0.15, 0.2) is 17.2 Å². The average Bonchev–Trinajstić information content (AvgIpc) is 2.75. The maximum absolute atomic E-state index is 11.9. The first-order valence-corrected chi connectivity index (χ1v) is 10.1. The van der Waals surface area contributed by atoms with Gasteiger partial charge < -0.3 is 24.7 Å². The van der Waals surface area contributed by atoms with E-state index in [1.54, 1.807) is 26.0 Å². The van der Waals surface area contributed by atoms with E-state index in [9.17, 15) is 15.3 Å². The minimum atomic E-state index is -0.456. The molecule has 0 aliphatic heterocycles. The Labute approximate surface area is 184 Å². The highest BCUT2D eigenvalue weighted by Crippen LogP contribution is 2.44. The number of carbonyl (C=O) groups excluding carboxylic acids is 1. The number of thioether (sulfide) groups is 1. The first-order chi connectivity index (χ1) is 14.8. The molecule has 0 saturated heterocycles. The van der Waals surface area contributed by atoms with Crippen LogP contribution >= 0.6 is 11.8 Å². The number of nitrogens with zero attached hydrogens (tertiary/aromatic N) is 3. The van der Waals surface area contributed by atoms with Crippen molar-refractivity contribution < 1.29 is 23.7 Å². The molecule has 0 aliphatic rings. The number of esters is 1. The van der Waals surface area contributed by atoms with Crippen LogP contribution in [0.25, 0.3) is 11.1 Å². The minimum Gasteiger partial charge on any atom is -0.493 e. The summed E-state index contributed by atoms with van der Waals surface area (Å²) >= 11 is 1.01. The van der Waals surface area contributed by atoms with Crippen molar-refractivity contribution in [3.8, 4) is 40.5 Å². The second-order valence-corrected chi connectivity index (χ2v) is 7.36. The molecule has 31 heavy (non-hydrogen) atoms. The van der Waals surface area contributed by atoms with Gasteiger partial charge in [0.1, 0.15) is 28.5 Å². The predicted octanol–water partition coefficient (Wildman–Crippen LogP) is 3.14. The van der Waals surface area contributed by atoms with Gasteiger partial charge in [0, 0.05) is 5.56 Å². The number of nitrogen functional groups attached to an aromatic ring is 1. The second-order valence-electron chi connectivity index (χ2n) is 6.39. The Morgan fingerprint density at radius 3 is 2.13 bits per heavy atom. The van der Waals surface area contributed by atoms with Crippen LogP contribution < -0.4 is 19.9 Å². The molecule has 1 aromatic carbocycles. The van der Waals surface area contributed by atoms with Crippen LogP contribution in [0.2, 0.25) is 0 Å². The SMILES string of the molecule is COc1cc(-c2c(C#N)c(N)nc(SCC(=O)OC(C)C)c2C#N)cc(OC)c1OC. The molecule has 0 bridgehead atoms. The number of carbonyl (C=O) groups is 1. The summed E-state index contributed by atoms with van der Waals surface area (Å²) in [5, 5.41) is 19.8. The standard InChI is InChI=1S/C21H22N4O5S/c1-11(2)30-17(26)10-31-21-14(9-23)18(13(8-22)20(24)25-21)12-6-15(27-3)19(29-5)16(7-12)28-4/h6-7,11H,10H2,1-5H3,(H2,24,25). The predicted molar refractivity (Wildman–Crippen MR) is 115 cm³/mol. The Hall–Kier alpha value is -3.63. The molecule has 1 heterocycles. The van der Waals surface area contributed by atoms with Crippen LogP contribution in [-0.2, 0) is 9.53 Å². The number of ether oxygens (including phenoxy) is 4. The van der Waals surface area contributed by atoms with E-state index in [1.807, 2.05) is 6.07 Å². The number of anilines is 1. The van der Waals surface area contributed by atoms with E-state index in [-0.39, 0.29) is 39.4 Å². The van der Waals surface area contributed by atoms with Gasteiger partial charge in [0.25, 0.3) is 0 Å². The molecule has 2 rings (SSSR count). The zero-order chi connectivity index (χ0) is 23.1. The van der Waals surface area contributed by atoms with Gasteiger partial charge in [0.15, 0.2) is 11.5 Å². The van der Waals surface area contributed by atoms with Crippen molar-refractivity contribution in [2.45, 2.75) is 25.0 Å². The summed E-state index contributed by atoms with van der Waals surface area (Å²) in [4.78, 5) is 16.1. The van der Waals surface area contributed by atoms with E-state index in [0.29, 0.717) is 22.8 Å². The molecule has 10 heteroatoms. The molecule has 1 aromatic heterocycles. The largest absolute Gasteiger partial charge is 0.493 e. The highest BCUT2D eigenvalue weighted by Gasteiger charge is 2.24. The zero-order valence-electron chi connectivity index (χ0n) is 17.8. The second kappa shape index (κ2) is 10.4. The molecule has 0 saturated carbocycles. The molecule has 0 atom stereocenters. The van der Waals surface area contributed by atoms with Gasteiger partial charge >= 0.3 is 5.97 Å². The van der Waals surface area contributed by atoms with Crippen LogP contribution in [0.5, 0.6) is 17.2 Å². The van der Waals surface area contributed by atoms with Gasteiger partial charge in [-0.05, 0) is 31.5 Å². The van der Waals surface area contributed by atoms with Gasteiger partial charge in [-0.1, -0.05) is 11.8 Å². The Kier molecular flexibility index (Phi) is 7.94. The van der Waals surface area contributed by atoms with E-state index in [2.05, 4.69) is 11.1 Å². The number of pyridine rings is 1. The van der Waals surface area contributed by atoms with E-state index in [1.165, 1.54) is 21.3 Å². The number of nitriles is 2. The van der Waals surface area contributed by atoms with E-state index >= 15 is 0 Å². The lowest BCUT2D eigenvalue weighted by Crippen LogP contribution is -2.13. The van der Waals surface area contributed by atoms with Crippen molar-refractivity contribution in [2.24, 2.45) is 0 Å². The van der Waals surface area contributed by atoms with Crippen LogP contribution in [0.3, 0.4) is 0 Å². The Morgan fingerprint density at radius 1 is 1.10 bits per heavy atom. The topological polar surface area (TPSA) is 140 Å². The fraction of sp³-hybridized carbons (Fsp3) is 0.333. The maximum Gasteiger partial charge on any atom is 0.316 e. The van der Waals surface area contributed by atoms with Gasteiger partial charge in [-0.3, -0.25) is 4.79 Å². The monoisotopic (exact) mass is 442 g/mol. The number of hydrogen-bond donors (Lipinski definition) is 1. The third kappa shape index (κ3) is 5.11. The van der Waals surface area contributed by atoms with Crippen molar-refractivity contribution in [2.75, 3.05) is 32.8 Å². The summed E-state index contributed by atoms with van der Waals surface area (Å²) < 4.78 is 21.2. The Bertz CT molecular complexity index is 1050. The van der Waals surface area contributed by atoms with Gasteiger partial charge in [-0.25, -0.2) is 4.98 Å². The first kappa shape index (κ1) is 23.6. The normalized spacial score (nSPS) is 10.2. The fourth-order valence-electron chi connectivity index (χ4n) is 2.84. The summed E-state index contributed by atoms with van der Waals surface area (Å²) in [6.07, 6.45) is -0.266. The fourth-order valence-corrected chi connectivity index (χ4v) is 3.62. The Morgan fingerprint density at radius 2 is 1.68 bits per heavy atom. The van der Waals surface area contributed by atoms with Crippen molar-refractivity contribution in [3.05, 3.63) is 23.3 Å². The molecule has 0 unspecified atom stereocenters. The highest BCUT2D eigenvalue weighted by molar-refractivity contribution is 7.99. The third-order valence-corrected chi connectivity index (χ3v) is 5.01. The summed E-state index contributed by atoms with van der Waals surface area (Å²) in [7, 11) is 4.39. The highest BCUT2D eigenvalue weighted by atomic mass is 32.2. The number of aromatic nitrogens is 1. The molecule has 0 aliphatic carbocycles. The molecule has 0 spiro atoms. The summed E-state index contributed by atoms with van der Waals surface area (Å²) in [5.41, 5.74) is 6.85. The van der Waals surface area contributed by atoms with E-state index in [0.717, 1.165) is 11.8 Å². The van der Waals surface area contributed by atoms with E-state index in [4.69, 9.17) is 24.7 Å². The van der Waals surface area contributed by atoms with E-state index < -0.39 is 5.97 Å². The lowest BCUT2D eigenvalue weighted by molar-refractivity contribution is -0.144. The number of hydrogen-bond acceptors (Lipinski definition) is 10. The van der Waals surface area contributed by atoms with Crippen molar-refractivity contribution >= 4 is 23.5 Å². The molecule has 2 aromatic rings. The zero-order valence-corrected chi connectivity index (χ0v) is 18.6. The number of methoxy groups -OCH3 is 3. The maximum atomic E-state index is 11.9. The molecule has 162 valence electrons. The molecule has 0 fully saturated rings. The van der Waals surface area contributed by atoms with Crippen LogP contribution in [-0.4, -0.2) is 44.1 Å². The quantitative estimate of drug-likeness (QED) is 0.479. The van der Waals surface area contributed by atoms with Gasteiger partial charge in [-0.15, -0.1) is 0 Å². The molecular weight excluding hydrogens is 420 g/mol. The Balaban J connectivity index is 2.70. The lowest BCUT2D eigenvalue weighted by Gasteiger charge is -2.17. The van der Waals surface area contributed by atoms with Crippen molar-refractivity contribution in [1.82, 2.24) is 4.98 Å². The van der Waals surface area contributed by atoms with Crippen molar-refractivity contribution in [1.29, 1.82) is 10.5 Å². The molecular formula is C21H22N4O5S. The van der Waals surface area contributed by atoms with Gasteiger partial charge in [-0.2, -0.15) is 10.5 Å². The van der Waals surface area contributed by atoms with Crippen molar-refractivity contribution in [3.63, 3.8) is 0 Å². The summed E-state index contributed by atoms with van der Waals surface area (Å²) in [6, 6.07) is 7.30. The third-order valence-electron chi connectivity index (χ3n) is 4.06. The molecule has 0 amide bonds. The minimum absolute atomic E-state index is 0.0277. The van der Waals surface area contributed by atoms with Crippen LogP contribution in [0, 0.1) is 22.7 Å². The average molecular weight is 442 g/mol.